The molecule has 0 aromatic carbocycles. The lowest BCUT2D eigenvalue weighted by atomic mass is 9.45. The van der Waals surface area contributed by atoms with Gasteiger partial charge in [0.15, 0.2) is 0 Å². The normalized spacial score (nSPS) is 39.1. The van der Waals surface area contributed by atoms with Gasteiger partial charge in [-0.25, -0.2) is 4.79 Å². The molecule has 7 heteroatoms. The molecule has 3 saturated carbocycles. The van der Waals surface area contributed by atoms with Crippen molar-refractivity contribution in [1.82, 2.24) is 0 Å². The number of carboxylic acid groups (broad SMARTS) is 1. The average molecular weight is 461 g/mol. The monoisotopic (exact) mass is 460 g/mol. The van der Waals surface area contributed by atoms with E-state index in [0.29, 0.717) is 24.7 Å². The minimum atomic E-state index is -0.895. The highest BCUT2D eigenvalue weighted by Gasteiger charge is 2.59. The standard InChI is InChI=1S/C26H36O7/c1-15(27)33-18-8-10-25(2)17(13-18)4-5-19-21(25)9-11-26(3,24(19)31)20(6-7-22(28)29)16-12-23(30)32-14-16/h12,17-21H,4-11,13-14H2,1-3H3,(H,28,29)/t17-,18+,19-,20-,21+,25+,26-/m1/s1. The van der Waals surface area contributed by atoms with Crippen LogP contribution in [-0.4, -0.2) is 41.5 Å². The van der Waals surface area contributed by atoms with Gasteiger partial charge in [0.2, 0.25) is 0 Å². The summed E-state index contributed by atoms with van der Waals surface area (Å²) >= 11 is 0. The van der Waals surface area contributed by atoms with Crippen LogP contribution in [0.1, 0.15) is 78.6 Å². The summed E-state index contributed by atoms with van der Waals surface area (Å²) in [6.07, 6.45) is 7.80. The van der Waals surface area contributed by atoms with E-state index in [1.165, 1.54) is 13.0 Å². The maximum absolute atomic E-state index is 14.1. The van der Waals surface area contributed by atoms with Crippen molar-refractivity contribution in [1.29, 1.82) is 0 Å². The van der Waals surface area contributed by atoms with Crippen LogP contribution >= 0.6 is 0 Å². The second-order valence-electron chi connectivity index (χ2n) is 11.1. The smallest absolute Gasteiger partial charge is 0.331 e. The summed E-state index contributed by atoms with van der Waals surface area (Å²) in [5.74, 6) is -0.889. The molecule has 3 aliphatic carbocycles. The Balaban J connectivity index is 1.55. The van der Waals surface area contributed by atoms with Gasteiger partial charge < -0.3 is 14.6 Å². The molecule has 4 aliphatic rings. The van der Waals surface area contributed by atoms with Crippen LogP contribution in [0.5, 0.6) is 0 Å². The lowest BCUT2D eigenvalue weighted by molar-refractivity contribution is -0.163. The van der Waals surface area contributed by atoms with E-state index >= 15 is 0 Å². The van der Waals surface area contributed by atoms with Crippen LogP contribution in [0.3, 0.4) is 0 Å². The first kappa shape index (κ1) is 24.0. The number of carbonyl (C=O) groups is 4. The van der Waals surface area contributed by atoms with E-state index < -0.39 is 17.4 Å². The number of esters is 2. The van der Waals surface area contributed by atoms with E-state index in [2.05, 4.69) is 6.92 Å². The Labute approximate surface area is 195 Å². The van der Waals surface area contributed by atoms with E-state index in [4.69, 9.17) is 9.47 Å². The fourth-order valence-corrected chi connectivity index (χ4v) is 7.66. The van der Waals surface area contributed by atoms with Crippen molar-refractivity contribution in [3.8, 4) is 0 Å². The molecule has 7 nitrogen and oxygen atoms in total. The molecular formula is C26H36O7. The van der Waals surface area contributed by atoms with Gasteiger partial charge in [0.25, 0.3) is 0 Å². The zero-order valence-electron chi connectivity index (χ0n) is 19.9. The maximum Gasteiger partial charge on any atom is 0.331 e. The first-order valence-electron chi connectivity index (χ1n) is 12.3. The third-order valence-electron chi connectivity index (χ3n) is 9.40. The molecule has 0 amide bonds. The number of carbonyl (C=O) groups excluding carboxylic acids is 3. The highest BCUT2D eigenvalue weighted by Crippen LogP contribution is 2.62. The fourth-order valence-electron chi connectivity index (χ4n) is 7.66. The highest BCUT2D eigenvalue weighted by molar-refractivity contribution is 5.90. The zero-order valence-corrected chi connectivity index (χ0v) is 19.9. The molecule has 0 bridgehead atoms. The quantitative estimate of drug-likeness (QED) is 0.595. The Morgan fingerprint density at radius 1 is 1.18 bits per heavy atom. The second-order valence-corrected chi connectivity index (χ2v) is 11.1. The topological polar surface area (TPSA) is 107 Å². The number of rotatable bonds is 6. The molecule has 1 aliphatic heterocycles. The van der Waals surface area contributed by atoms with Crippen LogP contribution in [0.2, 0.25) is 0 Å². The summed E-state index contributed by atoms with van der Waals surface area (Å²) in [5.41, 5.74) is 0.130. The fraction of sp³-hybridized carbons (Fsp3) is 0.769. The van der Waals surface area contributed by atoms with Crippen LogP contribution in [0.4, 0.5) is 0 Å². The number of hydrogen-bond acceptors (Lipinski definition) is 6. The van der Waals surface area contributed by atoms with Crippen LogP contribution < -0.4 is 0 Å². The zero-order chi connectivity index (χ0) is 24.0. The summed E-state index contributed by atoms with van der Waals surface area (Å²) in [7, 11) is 0. The van der Waals surface area contributed by atoms with Crippen molar-refractivity contribution >= 4 is 23.7 Å². The molecule has 3 fully saturated rings. The Morgan fingerprint density at radius 3 is 2.58 bits per heavy atom. The van der Waals surface area contributed by atoms with Crippen LogP contribution in [-0.2, 0) is 28.7 Å². The number of Topliss-reactive ketones (excluding diaryl/α,β-unsaturated/α-hetero) is 1. The minimum absolute atomic E-state index is 0.0195. The molecule has 1 N–H and O–H groups in total. The average Bonchev–Trinajstić information content (AvgIpc) is 3.16. The van der Waals surface area contributed by atoms with E-state index in [9.17, 15) is 24.3 Å². The van der Waals surface area contributed by atoms with E-state index in [0.717, 1.165) is 44.1 Å². The molecule has 0 aromatic heterocycles. The van der Waals surface area contributed by atoms with E-state index in [-0.39, 0.29) is 48.1 Å². The van der Waals surface area contributed by atoms with Crippen molar-refractivity contribution in [2.45, 2.75) is 84.7 Å². The predicted octanol–water partition coefficient (Wildman–Crippen LogP) is 4.08. The predicted molar refractivity (Wildman–Crippen MR) is 119 cm³/mol. The van der Waals surface area contributed by atoms with E-state index in [1.54, 1.807) is 0 Å². The number of ether oxygens (including phenoxy) is 2. The van der Waals surface area contributed by atoms with Gasteiger partial charge >= 0.3 is 17.9 Å². The minimum Gasteiger partial charge on any atom is -0.481 e. The number of aliphatic carboxylic acids is 1. The van der Waals surface area contributed by atoms with Gasteiger partial charge in [-0.05, 0) is 80.1 Å². The lowest BCUT2D eigenvalue weighted by Gasteiger charge is -2.58. The molecule has 0 radical (unpaired) electrons. The molecule has 1 heterocycles. The molecular weight excluding hydrogens is 424 g/mol. The van der Waals surface area contributed by atoms with Crippen molar-refractivity contribution in [3.05, 3.63) is 11.6 Å². The largest absolute Gasteiger partial charge is 0.481 e. The van der Waals surface area contributed by atoms with Crippen molar-refractivity contribution in [2.75, 3.05) is 6.61 Å². The summed E-state index contributed by atoms with van der Waals surface area (Å²) in [5, 5.41) is 9.30. The van der Waals surface area contributed by atoms with Crippen LogP contribution in [0.15, 0.2) is 11.6 Å². The first-order valence-corrected chi connectivity index (χ1v) is 12.3. The maximum atomic E-state index is 14.1. The van der Waals surface area contributed by atoms with Gasteiger partial charge in [-0.1, -0.05) is 13.8 Å². The van der Waals surface area contributed by atoms with Crippen molar-refractivity contribution < 1.29 is 33.8 Å². The summed E-state index contributed by atoms with van der Waals surface area (Å²) < 4.78 is 10.6. The third kappa shape index (κ3) is 4.35. The molecule has 33 heavy (non-hydrogen) atoms. The van der Waals surface area contributed by atoms with Crippen LogP contribution in [0.25, 0.3) is 0 Å². The highest BCUT2D eigenvalue weighted by atomic mass is 16.5. The van der Waals surface area contributed by atoms with Crippen molar-refractivity contribution in [3.63, 3.8) is 0 Å². The molecule has 4 rings (SSSR count). The Hall–Kier alpha value is -2.18. The number of cyclic esters (lactones) is 1. The van der Waals surface area contributed by atoms with E-state index in [1.807, 2.05) is 6.92 Å². The molecule has 182 valence electrons. The Morgan fingerprint density at radius 2 is 1.94 bits per heavy atom. The number of ketones is 1. The Kier molecular flexibility index (Phi) is 6.45. The second kappa shape index (κ2) is 8.88. The first-order chi connectivity index (χ1) is 15.5. The van der Waals surface area contributed by atoms with Gasteiger partial charge in [-0.2, -0.15) is 0 Å². The van der Waals surface area contributed by atoms with Gasteiger partial charge in [0.1, 0.15) is 18.5 Å². The molecule has 0 unspecified atom stereocenters. The number of carboxylic acids is 1. The summed E-state index contributed by atoms with van der Waals surface area (Å²) in [6, 6.07) is 0. The van der Waals surface area contributed by atoms with Gasteiger partial charge in [0.05, 0.1) is 0 Å². The number of fused-ring (bicyclic) bond motifs is 3. The van der Waals surface area contributed by atoms with Crippen LogP contribution in [0, 0.1) is 34.5 Å². The molecule has 0 saturated heterocycles. The molecule has 0 aromatic rings. The Bertz CT molecular complexity index is 876. The van der Waals surface area contributed by atoms with Gasteiger partial charge in [-0.3, -0.25) is 14.4 Å². The number of hydrogen-bond donors (Lipinski definition) is 1. The SMILES string of the molecule is CC(=O)O[C@H]1CC[C@@]2(C)[C@H](CC[C@H]3C(=O)[C@@](C)([C@H](CCC(=O)O)C4=CC(=O)OC4)CC[C@@H]32)C1. The molecule has 0 spiro atoms. The van der Waals surface area contributed by atoms with Gasteiger partial charge in [0, 0.05) is 30.8 Å². The summed E-state index contributed by atoms with van der Waals surface area (Å²) in [4.78, 5) is 48.6. The molecule has 7 atom stereocenters. The summed E-state index contributed by atoms with van der Waals surface area (Å²) in [6.45, 7) is 5.91. The third-order valence-corrected chi connectivity index (χ3v) is 9.40. The van der Waals surface area contributed by atoms with Crippen molar-refractivity contribution in [2.24, 2.45) is 34.5 Å². The van der Waals surface area contributed by atoms with Gasteiger partial charge in [-0.15, -0.1) is 0 Å². The lowest BCUT2D eigenvalue weighted by Crippen LogP contribution is -2.56.